The highest BCUT2D eigenvalue weighted by molar-refractivity contribution is 7.90. The summed E-state index contributed by atoms with van der Waals surface area (Å²) in [4.78, 5) is 11.2. The van der Waals surface area contributed by atoms with E-state index in [1.54, 1.807) is 18.2 Å². The van der Waals surface area contributed by atoms with Gasteiger partial charge in [0, 0.05) is 18.8 Å². The lowest BCUT2D eigenvalue weighted by Gasteiger charge is -2.08. The molecule has 1 saturated heterocycles. The molecule has 17 heavy (non-hydrogen) atoms. The summed E-state index contributed by atoms with van der Waals surface area (Å²) < 4.78 is 27.1. The first-order valence-corrected chi connectivity index (χ1v) is 6.69. The second-order valence-corrected chi connectivity index (χ2v) is 5.77. The van der Waals surface area contributed by atoms with Crippen LogP contribution >= 0.6 is 0 Å². The van der Waals surface area contributed by atoms with Gasteiger partial charge in [-0.05, 0) is 23.8 Å². The maximum Gasteiger partial charge on any atom is 0.301 e. The first-order chi connectivity index (χ1) is 8.04. The molecular weight excluding hydrogens is 242 g/mol. The number of nitrogens with one attached hydrogen (secondary N) is 2. The van der Waals surface area contributed by atoms with E-state index in [0.717, 1.165) is 11.3 Å². The Morgan fingerprint density at radius 2 is 2.06 bits per heavy atom. The zero-order chi connectivity index (χ0) is 12.0. The molecule has 0 spiro atoms. The number of fused-ring (bicyclic) bond motifs is 1. The van der Waals surface area contributed by atoms with Gasteiger partial charge in [0.1, 0.15) is 0 Å². The van der Waals surface area contributed by atoms with E-state index in [4.69, 9.17) is 0 Å². The van der Waals surface area contributed by atoms with Crippen LogP contribution in [0.5, 0.6) is 0 Å². The molecule has 0 bridgehead atoms. The van der Waals surface area contributed by atoms with E-state index in [-0.39, 0.29) is 5.91 Å². The second kappa shape index (κ2) is 3.44. The molecule has 0 radical (unpaired) electrons. The highest BCUT2D eigenvalue weighted by Gasteiger charge is 2.31. The molecule has 7 heteroatoms. The third kappa shape index (κ3) is 1.98. The van der Waals surface area contributed by atoms with Gasteiger partial charge in [-0.1, -0.05) is 0 Å². The van der Waals surface area contributed by atoms with Crippen molar-refractivity contribution in [1.29, 1.82) is 0 Å². The fraction of sp³-hybridized carbons (Fsp3) is 0.300. The van der Waals surface area contributed by atoms with E-state index in [1.807, 2.05) is 0 Å². The van der Waals surface area contributed by atoms with Crippen LogP contribution in [0.1, 0.15) is 5.56 Å². The number of hydrogen-bond donors (Lipinski definition) is 2. The van der Waals surface area contributed by atoms with Gasteiger partial charge >= 0.3 is 10.2 Å². The quantitative estimate of drug-likeness (QED) is 0.753. The zero-order valence-corrected chi connectivity index (χ0v) is 9.75. The molecular formula is C10H11N3O3S. The largest absolute Gasteiger partial charge is 0.326 e. The van der Waals surface area contributed by atoms with E-state index in [9.17, 15) is 13.2 Å². The van der Waals surface area contributed by atoms with Crippen LogP contribution < -0.4 is 10.0 Å². The predicted molar refractivity (Wildman–Crippen MR) is 62.9 cm³/mol. The van der Waals surface area contributed by atoms with E-state index in [2.05, 4.69) is 10.0 Å². The van der Waals surface area contributed by atoms with Gasteiger partial charge in [-0.25, -0.2) is 0 Å². The predicted octanol–water partition coefficient (Wildman–Crippen LogP) is 0.153. The maximum atomic E-state index is 11.7. The minimum absolute atomic E-state index is 0.0639. The summed E-state index contributed by atoms with van der Waals surface area (Å²) in [6.45, 7) is 1.14. The average molecular weight is 253 g/mol. The van der Waals surface area contributed by atoms with Gasteiger partial charge < -0.3 is 5.32 Å². The van der Waals surface area contributed by atoms with Gasteiger partial charge in [0.15, 0.2) is 0 Å². The molecule has 1 amide bonds. The smallest absolute Gasteiger partial charge is 0.301 e. The number of carbonyl (C=O) groups excluding carboxylic acids is 1. The fourth-order valence-corrected chi connectivity index (χ4v) is 2.90. The van der Waals surface area contributed by atoms with Crippen molar-refractivity contribution in [3.8, 4) is 0 Å². The van der Waals surface area contributed by atoms with Crippen molar-refractivity contribution in [2.45, 2.75) is 6.42 Å². The molecule has 2 aliphatic rings. The Kier molecular flexibility index (Phi) is 2.14. The van der Waals surface area contributed by atoms with Crippen LogP contribution in [0.4, 0.5) is 11.4 Å². The molecule has 6 nitrogen and oxygen atoms in total. The van der Waals surface area contributed by atoms with Crippen LogP contribution in [0.25, 0.3) is 0 Å². The van der Waals surface area contributed by atoms with Crippen LogP contribution in [0.2, 0.25) is 0 Å². The molecule has 1 fully saturated rings. The first-order valence-electron chi connectivity index (χ1n) is 5.25. The van der Waals surface area contributed by atoms with Crippen LogP contribution in [0, 0.1) is 0 Å². The number of hydrogen-bond acceptors (Lipinski definition) is 3. The molecule has 0 unspecified atom stereocenters. The summed E-state index contributed by atoms with van der Waals surface area (Å²) in [6, 6.07) is 5.04. The normalized spacial score (nSPS) is 18.7. The average Bonchev–Trinajstić information content (AvgIpc) is 3.01. The van der Waals surface area contributed by atoms with Crippen molar-refractivity contribution in [3.05, 3.63) is 23.8 Å². The molecule has 2 heterocycles. The monoisotopic (exact) mass is 253 g/mol. The number of amides is 1. The Morgan fingerprint density at radius 3 is 2.76 bits per heavy atom. The number of nitrogens with zero attached hydrogens (tertiary/aromatic N) is 1. The molecule has 0 aromatic heterocycles. The SMILES string of the molecule is O=C1Cc2cc(NS(=O)(=O)N3CC3)ccc2N1. The minimum Gasteiger partial charge on any atom is -0.326 e. The first kappa shape index (κ1) is 10.5. The summed E-state index contributed by atoms with van der Waals surface area (Å²) in [5.41, 5.74) is 2.07. The number of carbonyl (C=O) groups is 1. The summed E-state index contributed by atoms with van der Waals surface area (Å²) in [5, 5.41) is 2.70. The molecule has 1 aromatic carbocycles. The molecule has 0 atom stereocenters. The Bertz CT molecular complexity index is 593. The highest BCUT2D eigenvalue weighted by atomic mass is 32.2. The lowest BCUT2D eigenvalue weighted by atomic mass is 10.1. The highest BCUT2D eigenvalue weighted by Crippen LogP contribution is 2.27. The molecule has 3 rings (SSSR count). The number of anilines is 2. The maximum absolute atomic E-state index is 11.7. The molecule has 0 aliphatic carbocycles. The van der Waals surface area contributed by atoms with Gasteiger partial charge in [0.2, 0.25) is 5.91 Å². The Hall–Kier alpha value is -1.60. The topological polar surface area (TPSA) is 78.3 Å². The lowest BCUT2D eigenvalue weighted by Crippen LogP contribution is -2.20. The van der Waals surface area contributed by atoms with E-state index in [1.165, 1.54) is 4.31 Å². The van der Waals surface area contributed by atoms with E-state index < -0.39 is 10.2 Å². The Labute approximate surface area is 98.8 Å². The summed E-state index contributed by atoms with van der Waals surface area (Å²) in [5.74, 6) is -0.0639. The minimum atomic E-state index is -3.39. The van der Waals surface area contributed by atoms with Crippen LogP contribution in [-0.4, -0.2) is 31.7 Å². The lowest BCUT2D eigenvalue weighted by molar-refractivity contribution is -0.115. The van der Waals surface area contributed by atoms with E-state index in [0.29, 0.717) is 25.2 Å². The van der Waals surface area contributed by atoms with Gasteiger partial charge in [-0.2, -0.15) is 12.7 Å². The summed E-state index contributed by atoms with van der Waals surface area (Å²) >= 11 is 0. The molecule has 2 N–H and O–H groups in total. The van der Waals surface area contributed by atoms with E-state index >= 15 is 0 Å². The van der Waals surface area contributed by atoms with Crippen molar-refractivity contribution in [2.24, 2.45) is 0 Å². The third-order valence-corrected chi connectivity index (χ3v) is 4.26. The number of benzene rings is 1. The third-order valence-electron chi connectivity index (χ3n) is 2.72. The zero-order valence-electron chi connectivity index (χ0n) is 8.93. The van der Waals surface area contributed by atoms with Crippen molar-refractivity contribution >= 4 is 27.5 Å². The van der Waals surface area contributed by atoms with Crippen molar-refractivity contribution in [3.63, 3.8) is 0 Å². The molecule has 0 saturated carbocycles. The standard InChI is InChI=1S/C10H11N3O3S/c14-10-6-7-5-8(1-2-9(7)11-10)12-17(15,16)13-3-4-13/h1-2,5,12H,3-4,6H2,(H,11,14). The molecule has 90 valence electrons. The number of rotatable bonds is 3. The van der Waals surface area contributed by atoms with Gasteiger partial charge in [0.25, 0.3) is 0 Å². The van der Waals surface area contributed by atoms with Crippen molar-refractivity contribution in [2.75, 3.05) is 23.1 Å². The molecule has 1 aromatic rings. The summed E-state index contributed by atoms with van der Waals surface area (Å²) in [6.07, 6.45) is 0.300. The second-order valence-electron chi connectivity index (χ2n) is 4.10. The molecule has 2 aliphatic heterocycles. The van der Waals surface area contributed by atoms with Crippen LogP contribution in [0.3, 0.4) is 0 Å². The van der Waals surface area contributed by atoms with Crippen LogP contribution in [-0.2, 0) is 21.4 Å². The van der Waals surface area contributed by atoms with Gasteiger partial charge in [-0.15, -0.1) is 0 Å². The van der Waals surface area contributed by atoms with Gasteiger partial charge in [-0.3, -0.25) is 9.52 Å². The Balaban J connectivity index is 1.86. The van der Waals surface area contributed by atoms with Gasteiger partial charge in [0.05, 0.1) is 12.1 Å². The van der Waals surface area contributed by atoms with Crippen LogP contribution in [0.15, 0.2) is 18.2 Å². The Morgan fingerprint density at radius 1 is 1.29 bits per heavy atom. The van der Waals surface area contributed by atoms with Crippen molar-refractivity contribution in [1.82, 2.24) is 4.31 Å². The summed E-state index contributed by atoms with van der Waals surface area (Å²) in [7, 11) is -3.39. The van der Waals surface area contributed by atoms with Crippen molar-refractivity contribution < 1.29 is 13.2 Å². The fourth-order valence-electron chi connectivity index (χ4n) is 1.79.